The topological polar surface area (TPSA) is 98.3 Å². The Kier molecular flexibility index (Phi) is 4.74. The lowest BCUT2D eigenvalue weighted by atomic mass is 10.1. The second-order valence-electron chi connectivity index (χ2n) is 6.37. The summed E-state index contributed by atoms with van der Waals surface area (Å²) in [5, 5.41) is 14.4. The number of fused-ring (bicyclic) bond motifs is 1. The van der Waals surface area contributed by atoms with Crippen molar-refractivity contribution in [1.82, 2.24) is 4.98 Å². The number of rotatable bonds is 4. The average molecular weight is 408 g/mol. The molecule has 144 valence electrons. The highest BCUT2D eigenvalue weighted by Crippen LogP contribution is 2.28. The van der Waals surface area contributed by atoms with Crippen molar-refractivity contribution < 1.29 is 14.1 Å². The summed E-state index contributed by atoms with van der Waals surface area (Å²) < 4.78 is 5.76. The highest BCUT2D eigenvalue weighted by atomic mass is 35.5. The van der Waals surface area contributed by atoms with Crippen LogP contribution in [0.1, 0.15) is 15.9 Å². The van der Waals surface area contributed by atoms with E-state index in [0.29, 0.717) is 38.8 Å². The molecule has 1 heterocycles. The summed E-state index contributed by atoms with van der Waals surface area (Å²) in [5.41, 5.74) is 2.87. The lowest BCUT2D eigenvalue weighted by Crippen LogP contribution is -2.14. The van der Waals surface area contributed by atoms with Crippen molar-refractivity contribution in [3.8, 4) is 11.5 Å². The molecule has 1 amide bonds. The minimum absolute atomic E-state index is 0.100. The molecule has 8 heteroatoms. The van der Waals surface area contributed by atoms with E-state index in [1.807, 2.05) is 0 Å². The molecule has 0 fully saturated rings. The fraction of sp³-hybridized carbons (Fsp3) is 0.0476. The Morgan fingerprint density at radius 3 is 2.72 bits per heavy atom. The van der Waals surface area contributed by atoms with Crippen LogP contribution in [0.15, 0.2) is 65.1 Å². The minimum atomic E-state index is -0.508. The zero-order chi connectivity index (χ0) is 20.5. The van der Waals surface area contributed by atoms with E-state index in [1.54, 1.807) is 55.5 Å². The van der Waals surface area contributed by atoms with Crippen LogP contribution in [0.3, 0.4) is 0 Å². The quantitative estimate of drug-likeness (QED) is 0.350. The number of hydrogen-bond acceptors (Lipinski definition) is 5. The predicted octanol–water partition coefficient (Wildman–Crippen LogP) is 5.62. The van der Waals surface area contributed by atoms with Crippen LogP contribution >= 0.6 is 11.6 Å². The highest BCUT2D eigenvalue weighted by molar-refractivity contribution is 6.31. The van der Waals surface area contributed by atoms with E-state index < -0.39 is 10.8 Å². The van der Waals surface area contributed by atoms with Crippen LogP contribution in [0.5, 0.6) is 0 Å². The van der Waals surface area contributed by atoms with Crippen LogP contribution in [0.2, 0.25) is 5.02 Å². The Hall–Kier alpha value is -3.71. The number of oxazole rings is 1. The van der Waals surface area contributed by atoms with E-state index in [1.165, 1.54) is 12.1 Å². The van der Waals surface area contributed by atoms with Gasteiger partial charge in [0.15, 0.2) is 5.58 Å². The number of carbonyl (C=O) groups is 1. The molecule has 0 spiro atoms. The molecule has 29 heavy (non-hydrogen) atoms. The number of nitro benzene ring substituents is 1. The van der Waals surface area contributed by atoms with Gasteiger partial charge in [-0.3, -0.25) is 14.9 Å². The molecule has 0 unspecified atom stereocenters. The zero-order valence-electron chi connectivity index (χ0n) is 15.2. The van der Waals surface area contributed by atoms with Crippen LogP contribution < -0.4 is 5.32 Å². The van der Waals surface area contributed by atoms with Crippen molar-refractivity contribution in [3.05, 3.63) is 86.9 Å². The van der Waals surface area contributed by atoms with Gasteiger partial charge in [0.1, 0.15) is 5.52 Å². The van der Waals surface area contributed by atoms with Gasteiger partial charge in [-0.1, -0.05) is 23.7 Å². The number of amides is 1. The molecule has 3 aromatic carbocycles. The van der Waals surface area contributed by atoms with Crippen molar-refractivity contribution in [2.24, 2.45) is 0 Å². The molecular formula is C21H14ClN3O4. The van der Waals surface area contributed by atoms with Crippen LogP contribution in [0.25, 0.3) is 22.6 Å². The number of nitrogens with zero attached hydrogens (tertiary/aromatic N) is 2. The lowest BCUT2D eigenvalue weighted by molar-refractivity contribution is -0.385. The number of nitrogens with one attached hydrogen (secondary N) is 1. The number of benzene rings is 3. The first-order chi connectivity index (χ1) is 13.9. The van der Waals surface area contributed by atoms with Crippen molar-refractivity contribution >= 4 is 40.0 Å². The summed E-state index contributed by atoms with van der Waals surface area (Å²) in [6.45, 7) is 1.55. The fourth-order valence-electron chi connectivity index (χ4n) is 3.02. The maximum atomic E-state index is 12.6. The van der Waals surface area contributed by atoms with Crippen molar-refractivity contribution in [2.75, 3.05) is 5.32 Å². The molecule has 0 bridgehead atoms. The van der Waals surface area contributed by atoms with E-state index >= 15 is 0 Å². The Morgan fingerprint density at radius 2 is 1.93 bits per heavy atom. The molecule has 0 atom stereocenters. The Morgan fingerprint density at radius 1 is 1.14 bits per heavy atom. The molecule has 0 aliphatic carbocycles. The van der Waals surface area contributed by atoms with E-state index in [2.05, 4.69) is 10.3 Å². The fourth-order valence-corrected chi connectivity index (χ4v) is 3.19. The summed E-state index contributed by atoms with van der Waals surface area (Å²) in [7, 11) is 0. The molecule has 0 aliphatic rings. The maximum Gasteiger partial charge on any atom is 0.273 e. The van der Waals surface area contributed by atoms with Gasteiger partial charge in [-0.25, -0.2) is 4.98 Å². The molecule has 0 aliphatic heterocycles. The lowest BCUT2D eigenvalue weighted by Gasteiger charge is -2.08. The van der Waals surface area contributed by atoms with E-state index in [4.69, 9.17) is 16.0 Å². The van der Waals surface area contributed by atoms with Crippen LogP contribution in [-0.4, -0.2) is 15.8 Å². The molecule has 4 aromatic rings. The van der Waals surface area contributed by atoms with Gasteiger partial charge in [-0.2, -0.15) is 0 Å². The molecule has 0 saturated carbocycles. The first-order valence-corrected chi connectivity index (χ1v) is 9.02. The Balaban J connectivity index is 1.63. The third kappa shape index (κ3) is 3.68. The van der Waals surface area contributed by atoms with E-state index in [0.717, 1.165) is 0 Å². The molecule has 0 radical (unpaired) electrons. The van der Waals surface area contributed by atoms with Crippen molar-refractivity contribution in [1.29, 1.82) is 0 Å². The number of hydrogen-bond donors (Lipinski definition) is 1. The standard InChI is InChI=1S/C21H14ClN3O4/c1-12-16(6-3-7-18(12)25(27)28)20(26)23-15-5-2-4-13(10-15)21-24-17-11-14(22)8-9-19(17)29-21/h2-11H,1H3,(H,23,26). The van der Waals surface area contributed by atoms with Gasteiger partial charge in [0.25, 0.3) is 11.6 Å². The van der Waals surface area contributed by atoms with Gasteiger partial charge >= 0.3 is 0 Å². The summed E-state index contributed by atoms with van der Waals surface area (Å²) in [6.07, 6.45) is 0. The first-order valence-electron chi connectivity index (χ1n) is 8.64. The largest absolute Gasteiger partial charge is 0.436 e. The summed E-state index contributed by atoms with van der Waals surface area (Å²) in [6, 6.07) is 16.6. The van der Waals surface area contributed by atoms with E-state index in [9.17, 15) is 14.9 Å². The number of aromatic nitrogens is 1. The monoisotopic (exact) mass is 407 g/mol. The normalized spacial score (nSPS) is 10.8. The van der Waals surface area contributed by atoms with E-state index in [-0.39, 0.29) is 11.3 Å². The Labute approximate surface area is 170 Å². The van der Waals surface area contributed by atoms with Gasteiger partial charge in [0, 0.05) is 33.5 Å². The molecular weight excluding hydrogens is 394 g/mol. The van der Waals surface area contributed by atoms with Gasteiger partial charge < -0.3 is 9.73 Å². The smallest absolute Gasteiger partial charge is 0.273 e. The predicted molar refractivity (Wildman–Crippen MR) is 110 cm³/mol. The Bertz CT molecular complexity index is 1270. The van der Waals surface area contributed by atoms with Gasteiger partial charge in [0.05, 0.1) is 4.92 Å². The molecule has 4 rings (SSSR count). The first kappa shape index (κ1) is 18.6. The average Bonchev–Trinajstić information content (AvgIpc) is 3.11. The molecule has 7 nitrogen and oxygen atoms in total. The maximum absolute atomic E-state index is 12.6. The highest BCUT2D eigenvalue weighted by Gasteiger charge is 2.18. The third-order valence-corrected chi connectivity index (χ3v) is 4.70. The van der Waals surface area contributed by atoms with Crippen molar-refractivity contribution in [3.63, 3.8) is 0 Å². The number of anilines is 1. The molecule has 1 aromatic heterocycles. The summed E-state index contributed by atoms with van der Waals surface area (Å²) in [5.74, 6) is -0.0439. The van der Waals surface area contributed by atoms with Crippen LogP contribution in [0.4, 0.5) is 11.4 Å². The SMILES string of the molecule is Cc1c(C(=O)Nc2cccc(-c3nc4cc(Cl)ccc4o3)c2)cccc1[N+](=O)[O-]. The number of halogens is 1. The van der Waals surface area contributed by atoms with Crippen LogP contribution in [-0.2, 0) is 0 Å². The number of carbonyl (C=O) groups excluding carboxylic acids is 1. The summed E-state index contributed by atoms with van der Waals surface area (Å²) >= 11 is 5.99. The number of nitro groups is 1. The van der Waals surface area contributed by atoms with Gasteiger partial charge in [0.2, 0.25) is 5.89 Å². The zero-order valence-corrected chi connectivity index (χ0v) is 15.9. The molecule has 0 saturated heterocycles. The van der Waals surface area contributed by atoms with Crippen molar-refractivity contribution in [2.45, 2.75) is 6.92 Å². The van der Waals surface area contributed by atoms with Gasteiger partial charge in [-0.05, 0) is 49.4 Å². The van der Waals surface area contributed by atoms with Crippen LogP contribution in [0, 0.1) is 17.0 Å². The van der Waals surface area contributed by atoms with Gasteiger partial charge in [-0.15, -0.1) is 0 Å². The third-order valence-electron chi connectivity index (χ3n) is 4.46. The summed E-state index contributed by atoms with van der Waals surface area (Å²) in [4.78, 5) is 27.7. The second kappa shape index (κ2) is 7.37. The minimum Gasteiger partial charge on any atom is -0.436 e. The molecule has 1 N–H and O–H groups in total. The second-order valence-corrected chi connectivity index (χ2v) is 6.81.